The van der Waals surface area contributed by atoms with Gasteiger partial charge in [-0.2, -0.15) is 0 Å². The third kappa shape index (κ3) is 7.74. The van der Waals surface area contributed by atoms with E-state index in [1.54, 1.807) is 61.5 Å². The van der Waals surface area contributed by atoms with Crippen LogP contribution in [0.25, 0.3) is 0 Å². The lowest BCUT2D eigenvalue weighted by molar-refractivity contribution is -0.140. The first-order valence-electron chi connectivity index (χ1n) is 13.7. The van der Waals surface area contributed by atoms with Crippen molar-refractivity contribution in [2.75, 3.05) is 25.1 Å². The molecule has 0 fully saturated rings. The van der Waals surface area contributed by atoms with Crippen molar-refractivity contribution in [1.29, 1.82) is 0 Å². The predicted octanol–water partition coefficient (Wildman–Crippen LogP) is 5.27. The van der Waals surface area contributed by atoms with E-state index in [1.165, 1.54) is 37.3 Å². The minimum absolute atomic E-state index is 0.000586. The van der Waals surface area contributed by atoms with Crippen molar-refractivity contribution >= 4 is 39.1 Å². The molecule has 1 N–H and O–H groups in total. The monoisotopic (exact) mass is 615 g/mol. The summed E-state index contributed by atoms with van der Waals surface area (Å²) in [6.07, 6.45) is 1.01. The molecular weight excluding hydrogens is 578 g/mol. The Kier molecular flexibility index (Phi) is 11.6. The summed E-state index contributed by atoms with van der Waals surface area (Å²) in [6.45, 7) is 5.02. The summed E-state index contributed by atoms with van der Waals surface area (Å²) in [5.74, 6) is -0.324. The SMILES string of the molecule is CC[C@@H](C)NC(=O)[C@H](CC)N(Cc1ccccc1Cl)C(=O)CN(c1cc(OC)ccc1OC)S(=O)(=O)c1ccccc1. The number of sulfonamides is 1. The molecule has 0 aromatic heterocycles. The van der Waals surface area contributed by atoms with Crippen LogP contribution < -0.4 is 19.1 Å². The molecule has 2 atom stereocenters. The van der Waals surface area contributed by atoms with Crippen molar-refractivity contribution < 1.29 is 27.5 Å². The van der Waals surface area contributed by atoms with Gasteiger partial charge in [0.15, 0.2) is 0 Å². The van der Waals surface area contributed by atoms with Gasteiger partial charge in [-0.15, -0.1) is 0 Å². The second-order valence-electron chi connectivity index (χ2n) is 9.72. The summed E-state index contributed by atoms with van der Waals surface area (Å²) in [7, 11) is -1.40. The lowest BCUT2D eigenvalue weighted by atomic mass is 10.1. The van der Waals surface area contributed by atoms with Gasteiger partial charge in [0.2, 0.25) is 11.8 Å². The van der Waals surface area contributed by atoms with Gasteiger partial charge in [-0.05, 0) is 55.7 Å². The molecule has 2 amide bonds. The Morgan fingerprint density at radius 1 is 0.929 bits per heavy atom. The molecule has 0 heterocycles. The number of rotatable bonds is 14. The molecular formula is C31H38ClN3O6S. The van der Waals surface area contributed by atoms with Gasteiger partial charge in [-0.3, -0.25) is 13.9 Å². The van der Waals surface area contributed by atoms with Crippen LogP contribution in [0.2, 0.25) is 5.02 Å². The molecule has 0 saturated carbocycles. The van der Waals surface area contributed by atoms with E-state index in [2.05, 4.69) is 5.32 Å². The summed E-state index contributed by atoms with van der Waals surface area (Å²) in [6, 6.07) is 18.6. The van der Waals surface area contributed by atoms with Crippen molar-refractivity contribution in [1.82, 2.24) is 10.2 Å². The van der Waals surface area contributed by atoms with E-state index < -0.39 is 28.5 Å². The van der Waals surface area contributed by atoms with Crippen molar-refractivity contribution in [3.8, 4) is 11.5 Å². The fourth-order valence-corrected chi connectivity index (χ4v) is 6.03. The van der Waals surface area contributed by atoms with E-state index in [4.69, 9.17) is 21.1 Å². The minimum atomic E-state index is -4.27. The van der Waals surface area contributed by atoms with Gasteiger partial charge in [-0.1, -0.05) is 61.8 Å². The van der Waals surface area contributed by atoms with E-state index in [1.807, 2.05) is 13.8 Å². The number of nitrogens with zero attached hydrogens (tertiary/aromatic N) is 2. The molecule has 0 saturated heterocycles. The highest BCUT2D eigenvalue weighted by atomic mass is 35.5. The molecule has 0 bridgehead atoms. The number of ether oxygens (including phenoxy) is 2. The highest BCUT2D eigenvalue weighted by Gasteiger charge is 2.35. The molecule has 0 aliphatic rings. The van der Waals surface area contributed by atoms with E-state index in [-0.39, 0.29) is 34.8 Å². The molecule has 0 spiro atoms. The third-order valence-corrected chi connectivity index (χ3v) is 9.09. The second kappa shape index (κ2) is 14.9. The molecule has 42 heavy (non-hydrogen) atoms. The van der Waals surface area contributed by atoms with Crippen LogP contribution in [0.1, 0.15) is 39.2 Å². The zero-order valence-corrected chi connectivity index (χ0v) is 26.1. The first kappa shape index (κ1) is 32.8. The fourth-order valence-electron chi connectivity index (χ4n) is 4.40. The number of nitrogens with one attached hydrogen (secondary N) is 1. The van der Waals surface area contributed by atoms with Crippen LogP contribution in [0.5, 0.6) is 11.5 Å². The number of hydrogen-bond donors (Lipinski definition) is 1. The number of carbonyl (C=O) groups excluding carboxylic acids is 2. The molecule has 0 radical (unpaired) electrons. The molecule has 0 unspecified atom stereocenters. The second-order valence-corrected chi connectivity index (χ2v) is 12.0. The van der Waals surface area contributed by atoms with E-state index in [0.29, 0.717) is 29.2 Å². The molecule has 11 heteroatoms. The Morgan fingerprint density at radius 2 is 1.60 bits per heavy atom. The third-order valence-electron chi connectivity index (χ3n) is 6.95. The maximum Gasteiger partial charge on any atom is 0.264 e. The smallest absolute Gasteiger partial charge is 0.264 e. The van der Waals surface area contributed by atoms with Gasteiger partial charge in [0.1, 0.15) is 24.1 Å². The first-order chi connectivity index (χ1) is 20.1. The Bertz CT molecular complexity index is 1470. The summed E-state index contributed by atoms with van der Waals surface area (Å²) in [5.41, 5.74) is 0.739. The molecule has 3 aromatic rings. The molecule has 0 aliphatic heterocycles. The standard InChI is InChI=1S/C31H38ClN3O6S/c1-6-22(3)33-31(37)27(7-2)34(20-23-13-11-12-16-26(23)32)30(36)21-35(42(38,39)25-14-9-8-10-15-25)28-19-24(40-4)17-18-29(28)41-5/h8-19,22,27H,6-7,20-21H2,1-5H3,(H,33,37)/t22-,27+/m1/s1. The maximum atomic E-state index is 14.3. The van der Waals surface area contributed by atoms with Gasteiger partial charge in [0, 0.05) is 23.7 Å². The number of methoxy groups -OCH3 is 2. The van der Waals surface area contributed by atoms with E-state index in [0.717, 1.165) is 4.31 Å². The van der Waals surface area contributed by atoms with Gasteiger partial charge >= 0.3 is 0 Å². The predicted molar refractivity (Wildman–Crippen MR) is 164 cm³/mol. The number of benzene rings is 3. The van der Waals surface area contributed by atoms with Crippen molar-refractivity contribution in [2.24, 2.45) is 0 Å². The Morgan fingerprint density at radius 3 is 2.19 bits per heavy atom. The van der Waals surface area contributed by atoms with Gasteiger partial charge < -0.3 is 19.7 Å². The first-order valence-corrected chi connectivity index (χ1v) is 15.5. The number of amides is 2. The van der Waals surface area contributed by atoms with Crippen LogP contribution in [-0.2, 0) is 26.2 Å². The normalized spacial score (nSPS) is 12.6. The van der Waals surface area contributed by atoms with Crippen molar-refractivity contribution in [3.63, 3.8) is 0 Å². The molecule has 226 valence electrons. The lowest BCUT2D eigenvalue weighted by Crippen LogP contribution is -2.53. The number of hydrogen-bond acceptors (Lipinski definition) is 6. The van der Waals surface area contributed by atoms with Crippen LogP contribution in [0, 0.1) is 0 Å². The maximum absolute atomic E-state index is 14.3. The van der Waals surface area contributed by atoms with Crippen LogP contribution >= 0.6 is 11.6 Å². The summed E-state index contributed by atoms with van der Waals surface area (Å²) in [4.78, 5) is 29.1. The number of carbonyl (C=O) groups is 2. The molecule has 3 aromatic carbocycles. The Balaban J connectivity index is 2.15. The quantitative estimate of drug-likeness (QED) is 0.265. The average molecular weight is 616 g/mol. The summed E-state index contributed by atoms with van der Waals surface area (Å²) >= 11 is 6.46. The summed E-state index contributed by atoms with van der Waals surface area (Å²) in [5, 5.41) is 3.38. The van der Waals surface area contributed by atoms with Crippen molar-refractivity contribution in [3.05, 3.63) is 83.4 Å². The molecule has 0 aliphatic carbocycles. The van der Waals surface area contributed by atoms with Crippen LogP contribution in [0.15, 0.2) is 77.7 Å². The number of anilines is 1. The largest absolute Gasteiger partial charge is 0.497 e. The highest BCUT2D eigenvalue weighted by molar-refractivity contribution is 7.92. The minimum Gasteiger partial charge on any atom is -0.497 e. The van der Waals surface area contributed by atoms with Crippen LogP contribution in [0.3, 0.4) is 0 Å². The topological polar surface area (TPSA) is 105 Å². The van der Waals surface area contributed by atoms with E-state index >= 15 is 0 Å². The van der Waals surface area contributed by atoms with E-state index in [9.17, 15) is 18.0 Å². The van der Waals surface area contributed by atoms with Crippen molar-refractivity contribution in [2.45, 2.75) is 57.1 Å². The fraction of sp³-hybridized carbons (Fsp3) is 0.355. The molecule has 9 nitrogen and oxygen atoms in total. The van der Waals surface area contributed by atoms with Crippen LogP contribution in [0.4, 0.5) is 5.69 Å². The Labute approximate surface area is 253 Å². The highest BCUT2D eigenvalue weighted by Crippen LogP contribution is 2.36. The Hall–Kier alpha value is -3.76. The van der Waals surface area contributed by atoms with Gasteiger partial charge in [0.25, 0.3) is 10.0 Å². The van der Waals surface area contributed by atoms with Gasteiger partial charge in [-0.25, -0.2) is 8.42 Å². The molecule has 3 rings (SSSR count). The zero-order chi connectivity index (χ0) is 30.9. The number of halogens is 1. The zero-order valence-electron chi connectivity index (χ0n) is 24.5. The van der Waals surface area contributed by atoms with Crippen LogP contribution in [-0.4, -0.2) is 58.0 Å². The van der Waals surface area contributed by atoms with Gasteiger partial charge in [0.05, 0.1) is 24.8 Å². The average Bonchev–Trinajstić information content (AvgIpc) is 3.00. The summed E-state index contributed by atoms with van der Waals surface area (Å²) < 4.78 is 40.0. The lowest BCUT2D eigenvalue weighted by Gasteiger charge is -2.34.